The number of nitrogens with zero attached hydrogens (tertiary/aromatic N) is 3. The quantitative estimate of drug-likeness (QED) is 0.775. The van der Waals surface area contributed by atoms with Gasteiger partial charge in [-0.3, -0.25) is 14.7 Å². The standard InChI is InChI=1S/C22H27N3O2S/c26-22(25-12-14-28-15-13-25)19-2-1-3-21(16-19)27-20-6-10-24(11-7-20)17-18-4-8-23-9-5-18/h1-5,8-9,16,20H,6-7,10-15,17H2. The minimum Gasteiger partial charge on any atom is -0.490 e. The summed E-state index contributed by atoms with van der Waals surface area (Å²) < 4.78 is 6.22. The Labute approximate surface area is 171 Å². The van der Waals surface area contributed by atoms with Gasteiger partial charge >= 0.3 is 0 Å². The van der Waals surface area contributed by atoms with Gasteiger partial charge in [-0.15, -0.1) is 0 Å². The van der Waals surface area contributed by atoms with Crippen LogP contribution in [0.2, 0.25) is 0 Å². The zero-order chi connectivity index (χ0) is 19.2. The lowest BCUT2D eigenvalue weighted by molar-refractivity contribution is 0.0769. The van der Waals surface area contributed by atoms with E-state index in [2.05, 4.69) is 22.0 Å². The Morgan fingerprint density at radius 2 is 1.82 bits per heavy atom. The van der Waals surface area contributed by atoms with Crippen molar-refractivity contribution in [3.05, 3.63) is 59.9 Å². The first-order valence-electron chi connectivity index (χ1n) is 10.0. The van der Waals surface area contributed by atoms with Gasteiger partial charge in [0.05, 0.1) is 0 Å². The number of benzene rings is 1. The average Bonchev–Trinajstić information content (AvgIpc) is 2.76. The van der Waals surface area contributed by atoms with Gasteiger partial charge in [0, 0.05) is 62.2 Å². The molecule has 0 radical (unpaired) electrons. The molecule has 0 spiro atoms. The second kappa shape index (κ2) is 9.43. The monoisotopic (exact) mass is 397 g/mol. The van der Waals surface area contributed by atoms with Crippen LogP contribution < -0.4 is 4.74 Å². The first-order chi connectivity index (χ1) is 13.8. The summed E-state index contributed by atoms with van der Waals surface area (Å²) in [5.74, 6) is 2.99. The number of thioether (sulfide) groups is 1. The SMILES string of the molecule is O=C(c1cccc(OC2CCN(Cc3ccncc3)CC2)c1)N1CCSCC1. The summed E-state index contributed by atoms with van der Waals surface area (Å²) in [6.07, 6.45) is 5.93. The van der Waals surface area contributed by atoms with E-state index < -0.39 is 0 Å². The highest BCUT2D eigenvalue weighted by Crippen LogP contribution is 2.22. The van der Waals surface area contributed by atoms with Crippen LogP contribution in [0.1, 0.15) is 28.8 Å². The van der Waals surface area contributed by atoms with Crippen LogP contribution in [-0.2, 0) is 6.54 Å². The Morgan fingerprint density at radius 1 is 1.07 bits per heavy atom. The molecule has 28 heavy (non-hydrogen) atoms. The van der Waals surface area contributed by atoms with E-state index in [1.54, 1.807) is 0 Å². The second-order valence-corrected chi connectivity index (χ2v) is 8.61. The van der Waals surface area contributed by atoms with Crippen LogP contribution in [0, 0.1) is 0 Å². The van der Waals surface area contributed by atoms with Crippen LogP contribution >= 0.6 is 11.8 Å². The Hall–Kier alpha value is -2.05. The molecule has 2 aromatic rings. The predicted octanol–water partition coefficient (Wildman–Crippen LogP) is 3.31. The largest absolute Gasteiger partial charge is 0.490 e. The van der Waals surface area contributed by atoms with Crippen LogP contribution in [0.4, 0.5) is 0 Å². The van der Waals surface area contributed by atoms with E-state index in [1.807, 2.05) is 53.3 Å². The number of likely N-dealkylation sites (tertiary alicyclic amines) is 1. The summed E-state index contributed by atoms with van der Waals surface area (Å²) in [7, 11) is 0. The number of carbonyl (C=O) groups is 1. The van der Waals surface area contributed by atoms with E-state index in [-0.39, 0.29) is 12.0 Å². The lowest BCUT2D eigenvalue weighted by Gasteiger charge is -2.32. The van der Waals surface area contributed by atoms with Gasteiger partial charge in [0.15, 0.2) is 0 Å². The molecule has 3 heterocycles. The van der Waals surface area contributed by atoms with Crippen molar-refractivity contribution in [2.75, 3.05) is 37.7 Å². The molecule has 0 unspecified atom stereocenters. The number of amides is 1. The van der Waals surface area contributed by atoms with Gasteiger partial charge in [-0.1, -0.05) is 6.07 Å². The molecular weight excluding hydrogens is 370 g/mol. The highest BCUT2D eigenvalue weighted by atomic mass is 32.2. The molecule has 0 bridgehead atoms. The van der Waals surface area contributed by atoms with Crippen LogP contribution in [0.25, 0.3) is 0 Å². The molecule has 1 aromatic carbocycles. The number of ether oxygens (including phenoxy) is 1. The molecule has 0 aliphatic carbocycles. The Bertz CT molecular complexity index is 772. The van der Waals surface area contributed by atoms with Crippen LogP contribution in [0.15, 0.2) is 48.8 Å². The Balaban J connectivity index is 1.30. The van der Waals surface area contributed by atoms with Crippen molar-refractivity contribution in [3.63, 3.8) is 0 Å². The zero-order valence-corrected chi connectivity index (χ0v) is 16.9. The number of pyridine rings is 1. The smallest absolute Gasteiger partial charge is 0.254 e. The molecular formula is C22H27N3O2S. The third-order valence-electron chi connectivity index (χ3n) is 5.37. The zero-order valence-electron chi connectivity index (χ0n) is 16.1. The molecule has 2 saturated heterocycles. The van der Waals surface area contributed by atoms with Crippen molar-refractivity contribution in [2.45, 2.75) is 25.5 Å². The fourth-order valence-electron chi connectivity index (χ4n) is 3.78. The Kier molecular flexibility index (Phi) is 6.49. The number of hydrogen-bond acceptors (Lipinski definition) is 5. The molecule has 0 atom stereocenters. The summed E-state index contributed by atoms with van der Waals surface area (Å²) in [5, 5.41) is 0. The maximum absolute atomic E-state index is 12.7. The first kappa shape index (κ1) is 19.3. The van der Waals surface area contributed by atoms with Crippen molar-refractivity contribution >= 4 is 17.7 Å². The van der Waals surface area contributed by atoms with Crippen molar-refractivity contribution in [1.29, 1.82) is 0 Å². The van der Waals surface area contributed by atoms with Gasteiger partial charge < -0.3 is 9.64 Å². The topological polar surface area (TPSA) is 45.7 Å². The van der Waals surface area contributed by atoms with E-state index in [9.17, 15) is 4.79 Å². The number of piperidine rings is 1. The van der Waals surface area contributed by atoms with Gasteiger partial charge in [0.1, 0.15) is 11.9 Å². The normalized spacial score (nSPS) is 18.8. The molecule has 1 aromatic heterocycles. The minimum absolute atomic E-state index is 0.123. The van der Waals surface area contributed by atoms with Crippen LogP contribution in [-0.4, -0.2) is 64.5 Å². The maximum atomic E-state index is 12.7. The van der Waals surface area contributed by atoms with Gasteiger partial charge in [0.2, 0.25) is 0 Å². The Morgan fingerprint density at radius 3 is 2.57 bits per heavy atom. The number of carbonyl (C=O) groups excluding carboxylic acids is 1. The second-order valence-electron chi connectivity index (χ2n) is 7.38. The fourth-order valence-corrected chi connectivity index (χ4v) is 4.68. The lowest BCUT2D eigenvalue weighted by Crippen LogP contribution is -2.38. The van der Waals surface area contributed by atoms with Crippen LogP contribution in [0.5, 0.6) is 5.75 Å². The summed E-state index contributed by atoms with van der Waals surface area (Å²) in [4.78, 5) is 21.2. The number of aromatic nitrogens is 1. The summed E-state index contributed by atoms with van der Waals surface area (Å²) in [6, 6.07) is 11.9. The highest BCUT2D eigenvalue weighted by Gasteiger charge is 2.22. The summed E-state index contributed by atoms with van der Waals surface area (Å²) in [6.45, 7) is 4.69. The number of hydrogen-bond donors (Lipinski definition) is 0. The molecule has 0 saturated carbocycles. The molecule has 2 aliphatic heterocycles. The van der Waals surface area contributed by atoms with E-state index in [0.717, 1.165) is 68.4 Å². The molecule has 148 valence electrons. The van der Waals surface area contributed by atoms with Gasteiger partial charge in [-0.25, -0.2) is 0 Å². The molecule has 4 rings (SSSR count). The molecule has 1 amide bonds. The molecule has 5 nitrogen and oxygen atoms in total. The third-order valence-corrected chi connectivity index (χ3v) is 6.31. The van der Waals surface area contributed by atoms with Crippen molar-refractivity contribution in [1.82, 2.24) is 14.8 Å². The molecule has 6 heteroatoms. The maximum Gasteiger partial charge on any atom is 0.254 e. The van der Waals surface area contributed by atoms with E-state index in [0.29, 0.717) is 0 Å². The van der Waals surface area contributed by atoms with Crippen molar-refractivity contribution in [2.24, 2.45) is 0 Å². The lowest BCUT2D eigenvalue weighted by atomic mass is 10.1. The molecule has 2 fully saturated rings. The van der Waals surface area contributed by atoms with E-state index in [1.165, 1.54) is 5.56 Å². The first-order valence-corrected chi connectivity index (χ1v) is 11.2. The number of rotatable bonds is 5. The molecule has 0 N–H and O–H groups in total. The highest BCUT2D eigenvalue weighted by molar-refractivity contribution is 7.99. The molecule has 2 aliphatic rings. The fraction of sp³-hybridized carbons (Fsp3) is 0.455. The van der Waals surface area contributed by atoms with Gasteiger partial charge in [0.25, 0.3) is 5.91 Å². The minimum atomic E-state index is 0.123. The van der Waals surface area contributed by atoms with E-state index >= 15 is 0 Å². The average molecular weight is 398 g/mol. The van der Waals surface area contributed by atoms with Gasteiger partial charge in [-0.2, -0.15) is 11.8 Å². The van der Waals surface area contributed by atoms with Crippen molar-refractivity contribution < 1.29 is 9.53 Å². The predicted molar refractivity (Wildman–Crippen MR) is 113 cm³/mol. The summed E-state index contributed by atoms with van der Waals surface area (Å²) in [5.41, 5.74) is 2.04. The summed E-state index contributed by atoms with van der Waals surface area (Å²) >= 11 is 1.91. The van der Waals surface area contributed by atoms with Crippen LogP contribution in [0.3, 0.4) is 0 Å². The third kappa shape index (κ3) is 5.06. The van der Waals surface area contributed by atoms with Gasteiger partial charge in [-0.05, 0) is 48.7 Å². The van der Waals surface area contributed by atoms with E-state index in [4.69, 9.17) is 4.74 Å². The van der Waals surface area contributed by atoms with Crippen molar-refractivity contribution in [3.8, 4) is 5.75 Å².